The van der Waals surface area contributed by atoms with Crippen LogP contribution in [0, 0.1) is 0 Å². The van der Waals surface area contributed by atoms with Crippen molar-refractivity contribution >= 4 is 0 Å². The summed E-state index contributed by atoms with van der Waals surface area (Å²) in [6.45, 7) is 4.68. The van der Waals surface area contributed by atoms with Crippen LogP contribution in [0.5, 0.6) is 0 Å². The first-order valence-corrected chi connectivity index (χ1v) is 3.42. The van der Waals surface area contributed by atoms with Gasteiger partial charge in [0.15, 0.2) is 0 Å². The summed E-state index contributed by atoms with van der Waals surface area (Å²) in [5.74, 6) is -0.537. The molecule has 4 N–H and O–H groups in total. The second-order valence-corrected chi connectivity index (χ2v) is 2.40. The van der Waals surface area contributed by atoms with Crippen molar-refractivity contribution in [3.05, 3.63) is 12.3 Å². The molecule has 4 heteroatoms. The van der Waals surface area contributed by atoms with Crippen LogP contribution < -0.4 is 0 Å². The van der Waals surface area contributed by atoms with E-state index in [2.05, 4.69) is 6.58 Å². The fourth-order valence-electron chi connectivity index (χ4n) is 0.649. The maximum Gasteiger partial charge on any atom is 0.138 e. The predicted octanol–water partition coefficient (Wildman–Crippen LogP) is -0.449. The van der Waals surface area contributed by atoms with E-state index in [1.807, 2.05) is 0 Å². The van der Waals surface area contributed by atoms with Crippen LogP contribution in [0.25, 0.3) is 0 Å². The molecule has 0 saturated heterocycles. The fraction of sp³-hybridized carbons (Fsp3) is 0.714. The molecule has 0 aromatic rings. The van der Waals surface area contributed by atoms with Crippen molar-refractivity contribution in [3.63, 3.8) is 0 Å². The molecule has 3 unspecified atom stereocenters. The summed E-state index contributed by atoms with van der Waals surface area (Å²) in [6.07, 6.45) is -3.55. The molecular weight excluding hydrogens is 148 g/mol. The maximum atomic E-state index is 9.04. The quantitative estimate of drug-likeness (QED) is 0.422. The molecule has 66 valence electrons. The zero-order valence-corrected chi connectivity index (χ0v) is 6.44. The lowest BCUT2D eigenvalue weighted by atomic mass is 10.1. The molecule has 0 bridgehead atoms. The summed E-state index contributed by atoms with van der Waals surface area (Å²) in [5, 5.41) is 35.6. The Labute approximate surface area is 65.4 Å². The molecule has 4 nitrogen and oxygen atoms in total. The Bertz CT molecular complexity index is 134. The predicted molar refractivity (Wildman–Crippen MR) is 40.1 cm³/mol. The van der Waals surface area contributed by atoms with Crippen LogP contribution in [-0.2, 0) is 0 Å². The van der Waals surface area contributed by atoms with Crippen LogP contribution in [0.1, 0.15) is 13.3 Å². The molecule has 11 heavy (non-hydrogen) atoms. The van der Waals surface area contributed by atoms with Crippen LogP contribution in [0.15, 0.2) is 12.3 Å². The van der Waals surface area contributed by atoms with E-state index in [1.54, 1.807) is 6.92 Å². The summed E-state index contributed by atoms with van der Waals surface area (Å²) >= 11 is 0. The molecule has 0 spiro atoms. The Kier molecular flexibility index (Phi) is 4.10. The minimum Gasteiger partial charge on any atom is -0.510 e. The van der Waals surface area contributed by atoms with Gasteiger partial charge >= 0.3 is 0 Å². The normalized spacial score (nSPS) is 18.9. The molecule has 0 rings (SSSR count). The van der Waals surface area contributed by atoms with Gasteiger partial charge in [-0.25, -0.2) is 0 Å². The SMILES string of the molecule is C=C(O)C(O)C(O)C(O)CC. The molecule has 0 aromatic heterocycles. The van der Waals surface area contributed by atoms with Crippen molar-refractivity contribution in [1.29, 1.82) is 0 Å². The van der Waals surface area contributed by atoms with Crippen LogP contribution in [-0.4, -0.2) is 38.7 Å². The summed E-state index contributed by atoms with van der Waals surface area (Å²) in [7, 11) is 0. The lowest BCUT2D eigenvalue weighted by Gasteiger charge is -2.20. The van der Waals surface area contributed by atoms with E-state index in [0.717, 1.165) is 0 Å². The number of aliphatic hydroxyl groups is 4. The number of aliphatic hydroxyl groups excluding tert-OH is 4. The molecule has 3 atom stereocenters. The van der Waals surface area contributed by atoms with Crippen molar-refractivity contribution in [1.82, 2.24) is 0 Å². The molecular formula is C7H14O4. The van der Waals surface area contributed by atoms with Gasteiger partial charge in [-0.3, -0.25) is 0 Å². The van der Waals surface area contributed by atoms with Gasteiger partial charge in [-0.1, -0.05) is 13.5 Å². The summed E-state index contributed by atoms with van der Waals surface area (Å²) in [6, 6.07) is 0. The molecule has 0 radical (unpaired) electrons. The van der Waals surface area contributed by atoms with Crippen molar-refractivity contribution in [2.24, 2.45) is 0 Å². The molecule has 0 aliphatic heterocycles. The highest BCUT2D eigenvalue weighted by atomic mass is 16.4. The maximum absolute atomic E-state index is 9.04. The fourth-order valence-corrected chi connectivity index (χ4v) is 0.649. The van der Waals surface area contributed by atoms with Crippen molar-refractivity contribution in [2.75, 3.05) is 0 Å². The van der Waals surface area contributed by atoms with Crippen molar-refractivity contribution in [2.45, 2.75) is 31.7 Å². The second-order valence-electron chi connectivity index (χ2n) is 2.40. The highest BCUT2D eigenvalue weighted by Crippen LogP contribution is 2.07. The Morgan fingerprint density at radius 1 is 1.36 bits per heavy atom. The van der Waals surface area contributed by atoms with Gasteiger partial charge in [0.2, 0.25) is 0 Å². The minimum absolute atomic E-state index is 0.311. The van der Waals surface area contributed by atoms with E-state index in [4.69, 9.17) is 20.4 Å². The first-order valence-electron chi connectivity index (χ1n) is 3.42. The third-order valence-corrected chi connectivity index (χ3v) is 1.48. The largest absolute Gasteiger partial charge is 0.510 e. The molecule has 0 aliphatic rings. The van der Waals surface area contributed by atoms with Gasteiger partial charge < -0.3 is 20.4 Å². The van der Waals surface area contributed by atoms with Gasteiger partial charge in [0.05, 0.1) is 6.10 Å². The van der Waals surface area contributed by atoms with Crippen LogP contribution in [0.2, 0.25) is 0 Å². The minimum atomic E-state index is -1.47. The van der Waals surface area contributed by atoms with Gasteiger partial charge in [-0.05, 0) is 6.42 Å². The van der Waals surface area contributed by atoms with Crippen LogP contribution in [0.4, 0.5) is 0 Å². The molecule has 0 amide bonds. The van der Waals surface area contributed by atoms with Gasteiger partial charge in [0.25, 0.3) is 0 Å². The first-order chi connectivity index (χ1) is 5.00. The molecule has 0 heterocycles. The summed E-state index contributed by atoms with van der Waals surface area (Å²) in [4.78, 5) is 0. The molecule has 0 aromatic carbocycles. The Hall–Kier alpha value is -0.580. The monoisotopic (exact) mass is 162 g/mol. The van der Waals surface area contributed by atoms with E-state index < -0.39 is 24.1 Å². The topological polar surface area (TPSA) is 80.9 Å². The Balaban J connectivity index is 4.00. The molecule has 0 fully saturated rings. The van der Waals surface area contributed by atoms with Crippen LogP contribution in [0.3, 0.4) is 0 Å². The third-order valence-electron chi connectivity index (χ3n) is 1.48. The molecule has 0 aliphatic carbocycles. The molecule has 0 saturated carbocycles. The van der Waals surface area contributed by atoms with Gasteiger partial charge in [-0.15, -0.1) is 0 Å². The van der Waals surface area contributed by atoms with Gasteiger partial charge in [0.1, 0.15) is 18.0 Å². The third kappa shape index (κ3) is 2.88. The van der Waals surface area contributed by atoms with Crippen LogP contribution >= 0.6 is 0 Å². The Morgan fingerprint density at radius 2 is 1.82 bits per heavy atom. The zero-order chi connectivity index (χ0) is 9.02. The lowest BCUT2D eigenvalue weighted by Crippen LogP contribution is -2.37. The van der Waals surface area contributed by atoms with E-state index in [9.17, 15) is 0 Å². The standard InChI is InChI=1S/C7H14O4/c1-3-5(9)7(11)6(10)4(2)8/h5-11H,2-3H2,1H3. The van der Waals surface area contributed by atoms with Crippen molar-refractivity contribution in [3.8, 4) is 0 Å². The zero-order valence-electron chi connectivity index (χ0n) is 6.44. The summed E-state index contributed by atoms with van der Waals surface area (Å²) < 4.78 is 0. The van der Waals surface area contributed by atoms with Gasteiger partial charge in [-0.2, -0.15) is 0 Å². The number of rotatable bonds is 4. The smallest absolute Gasteiger partial charge is 0.138 e. The van der Waals surface area contributed by atoms with E-state index in [0.29, 0.717) is 6.42 Å². The van der Waals surface area contributed by atoms with Gasteiger partial charge in [0, 0.05) is 0 Å². The highest BCUT2D eigenvalue weighted by molar-refractivity contribution is 4.95. The number of hydrogen-bond acceptors (Lipinski definition) is 4. The Morgan fingerprint density at radius 3 is 2.09 bits per heavy atom. The first kappa shape index (κ1) is 10.4. The average Bonchev–Trinajstić information content (AvgIpc) is 2.00. The highest BCUT2D eigenvalue weighted by Gasteiger charge is 2.24. The lowest BCUT2D eigenvalue weighted by molar-refractivity contribution is -0.0576. The van der Waals surface area contributed by atoms with E-state index in [1.165, 1.54) is 0 Å². The van der Waals surface area contributed by atoms with Crippen molar-refractivity contribution < 1.29 is 20.4 Å². The average molecular weight is 162 g/mol. The second kappa shape index (κ2) is 4.33. The van der Waals surface area contributed by atoms with E-state index in [-0.39, 0.29) is 0 Å². The summed E-state index contributed by atoms with van der Waals surface area (Å²) in [5.41, 5.74) is 0. The number of hydrogen-bond donors (Lipinski definition) is 4. The van der Waals surface area contributed by atoms with E-state index >= 15 is 0 Å².